The lowest BCUT2D eigenvalue weighted by molar-refractivity contribution is -0.239. The van der Waals surface area contributed by atoms with Gasteiger partial charge in [0, 0.05) is 25.2 Å². The largest absolute Gasteiger partial charge is 0.462 e. The maximum atomic E-state index is 11.6. The molecule has 152 valence electrons. The van der Waals surface area contributed by atoms with Crippen molar-refractivity contribution < 1.29 is 19.0 Å². The van der Waals surface area contributed by atoms with Crippen molar-refractivity contribution in [3.63, 3.8) is 0 Å². The van der Waals surface area contributed by atoms with E-state index in [-0.39, 0.29) is 23.3 Å². The van der Waals surface area contributed by atoms with Gasteiger partial charge in [0.05, 0.1) is 13.2 Å². The van der Waals surface area contributed by atoms with Crippen molar-refractivity contribution in [1.82, 2.24) is 0 Å². The third kappa shape index (κ3) is 2.65. The van der Waals surface area contributed by atoms with Crippen LogP contribution in [0.3, 0.4) is 0 Å². The van der Waals surface area contributed by atoms with E-state index >= 15 is 0 Å². The summed E-state index contributed by atoms with van der Waals surface area (Å²) >= 11 is 0. The zero-order valence-corrected chi connectivity index (χ0v) is 17.3. The highest BCUT2D eigenvalue weighted by molar-refractivity contribution is 5.66. The van der Waals surface area contributed by atoms with E-state index < -0.39 is 0 Å². The lowest BCUT2D eigenvalue weighted by Crippen LogP contribution is -2.57. The van der Waals surface area contributed by atoms with Crippen LogP contribution >= 0.6 is 0 Å². The van der Waals surface area contributed by atoms with Gasteiger partial charge in [0.15, 0.2) is 5.79 Å². The highest BCUT2D eigenvalue weighted by Crippen LogP contribution is 2.67. The van der Waals surface area contributed by atoms with Crippen LogP contribution in [0.1, 0.15) is 78.6 Å². The van der Waals surface area contributed by atoms with Gasteiger partial charge in [-0.2, -0.15) is 0 Å². The average molecular weight is 377 g/mol. The first-order chi connectivity index (χ1) is 12.9. The third-order valence-electron chi connectivity index (χ3n) is 9.62. The molecular weight excluding hydrogens is 340 g/mol. The second kappa shape index (κ2) is 6.19. The maximum Gasteiger partial charge on any atom is 0.302 e. The zero-order valence-electron chi connectivity index (χ0n) is 17.3. The van der Waals surface area contributed by atoms with E-state index in [2.05, 4.69) is 13.8 Å². The highest BCUT2D eigenvalue weighted by atomic mass is 16.7. The lowest BCUT2D eigenvalue weighted by Gasteiger charge is -2.62. The standard InChI is InChI=1S/C23H36O4/c1-15(24)27-20-7-6-18-17-5-4-16-8-11-23(25-12-13-26-23)14-22(16,3)19(17)9-10-21(18,20)2/h16-20H,4-14H2,1-3H3. The molecule has 5 rings (SSSR count). The van der Waals surface area contributed by atoms with Crippen LogP contribution in [0.2, 0.25) is 0 Å². The molecule has 0 aromatic rings. The molecule has 4 aliphatic carbocycles. The molecule has 1 spiro atoms. The first kappa shape index (κ1) is 18.4. The Balaban J connectivity index is 1.41. The normalized spacial score (nSPS) is 50.7. The minimum Gasteiger partial charge on any atom is -0.462 e. The number of fused-ring (bicyclic) bond motifs is 5. The van der Waals surface area contributed by atoms with Crippen LogP contribution < -0.4 is 0 Å². The van der Waals surface area contributed by atoms with Gasteiger partial charge in [0.1, 0.15) is 6.10 Å². The topological polar surface area (TPSA) is 44.8 Å². The number of ether oxygens (including phenoxy) is 3. The van der Waals surface area contributed by atoms with Crippen molar-refractivity contribution in [3.8, 4) is 0 Å². The van der Waals surface area contributed by atoms with Gasteiger partial charge in [0.25, 0.3) is 0 Å². The van der Waals surface area contributed by atoms with Gasteiger partial charge in [-0.25, -0.2) is 0 Å². The van der Waals surface area contributed by atoms with Crippen LogP contribution in [0, 0.1) is 34.5 Å². The number of carbonyl (C=O) groups excluding carboxylic acids is 1. The summed E-state index contributed by atoms with van der Waals surface area (Å²) in [6.07, 6.45) is 11.1. The van der Waals surface area contributed by atoms with E-state index in [0.29, 0.717) is 11.3 Å². The molecule has 7 atom stereocenters. The van der Waals surface area contributed by atoms with Crippen molar-refractivity contribution >= 4 is 5.97 Å². The van der Waals surface area contributed by atoms with Gasteiger partial charge in [-0.05, 0) is 74.0 Å². The summed E-state index contributed by atoms with van der Waals surface area (Å²) in [5.74, 6) is 2.69. The summed E-state index contributed by atoms with van der Waals surface area (Å²) in [4.78, 5) is 11.6. The van der Waals surface area contributed by atoms with Crippen LogP contribution in [0.4, 0.5) is 0 Å². The molecule has 0 aromatic carbocycles. The molecule has 4 nitrogen and oxygen atoms in total. The van der Waals surface area contributed by atoms with E-state index in [1.54, 1.807) is 6.92 Å². The Bertz CT molecular complexity index is 611. The van der Waals surface area contributed by atoms with Crippen molar-refractivity contribution in [2.45, 2.75) is 90.4 Å². The molecule has 0 bridgehead atoms. The van der Waals surface area contributed by atoms with E-state index in [4.69, 9.17) is 14.2 Å². The third-order valence-corrected chi connectivity index (χ3v) is 9.62. The molecule has 4 saturated carbocycles. The summed E-state index contributed by atoms with van der Waals surface area (Å²) in [5.41, 5.74) is 0.523. The van der Waals surface area contributed by atoms with E-state index in [0.717, 1.165) is 50.2 Å². The van der Waals surface area contributed by atoms with E-state index in [9.17, 15) is 4.79 Å². The molecule has 5 aliphatic rings. The van der Waals surface area contributed by atoms with Gasteiger partial charge in [-0.1, -0.05) is 13.8 Å². The molecule has 5 fully saturated rings. The quantitative estimate of drug-likeness (QED) is 0.622. The molecule has 1 heterocycles. The van der Waals surface area contributed by atoms with Crippen molar-refractivity contribution in [2.75, 3.05) is 13.2 Å². The number of esters is 1. The second-order valence-corrected chi connectivity index (χ2v) is 10.7. The molecule has 0 N–H and O–H groups in total. The predicted molar refractivity (Wildman–Crippen MR) is 102 cm³/mol. The molecular formula is C23H36O4. The van der Waals surface area contributed by atoms with Crippen LogP contribution in [0.15, 0.2) is 0 Å². The summed E-state index contributed by atoms with van der Waals surface area (Å²) < 4.78 is 18.1. The van der Waals surface area contributed by atoms with Crippen molar-refractivity contribution in [3.05, 3.63) is 0 Å². The number of rotatable bonds is 1. The van der Waals surface area contributed by atoms with Crippen LogP contribution in [-0.2, 0) is 19.0 Å². The maximum absolute atomic E-state index is 11.6. The lowest BCUT2D eigenvalue weighted by atomic mass is 9.44. The summed E-state index contributed by atoms with van der Waals surface area (Å²) in [6.45, 7) is 8.06. The van der Waals surface area contributed by atoms with Gasteiger partial charge in [-0.15, -0.1) is 0 Å². The Morgan fingerprint density at radius 2 is 1.63 bits per heavy atom. The number of hydrogen-bond donors (Lipinski definition) is 0. The SMILES string of the molecule is CC(=O)OC1CCC2C3CCC4CCC5(CC4(C)C3CCC12C)OCCO5. The Kier molecular flexibility index (Phi) is 4.22. The first-order valence-corrected chi connectivity index (χ1v) is 11.3. The molecule has 27 heavy (non-hydrogen) atoms. The smallest absolute Gasteiger partial charge is 0.302 e. The molecule has 0 amide bonds. The summed E-state index contributed by atoms with van der Waals surface area (Å²) in [6, 6.07) is 0. The van der Waals surface area contributed by atoms with Crippen molar-refractivity contribution in [1.29, 1.82) is 0 Å². The first-order valence-electron chi connectivity index (χ1n) is 11.3. The Morgan fingerprint density at radius 3 is 2.37 bits per heavy atom. The van der Waals surface area contributed by atoms with Gasteiger partial charge in [0.2, 0.25) is 0 Å². The van der Waals surface area contributed by atoms with Crippen LogP contribution in [0.5, 0.6) is 0 Å². The Morgan fingerprint density at radius 1 is 0.889 bits per heavy atom. The van der Waals surface area contributed by atoms with E-state index in [1.807, 2.05) is 0 Å². The average Bonchev–Trinajstić information content (AvgIpc) is 3.19. The Hall–Kier alpha value is -0.610. The Labute approximate surface area is 163 Å². The molecule has 4 heteroatoms. The predicted octanol–water partition coefficient (Wildman–Crippen LogP) is 4.70. The molecule has 7 unspecified atom stereocenters. The fourth-order valence-electron chi connectivity index (χ4n) is 8.44. The monoisotopic (exact) mass is 376 g/mol. The highest BCUT2D eigenvalue weighted by Gasteiger charge is 2.63. The van der Waals surface area contributed by atoms with Crippen LogP contribution in [-0.4, -0.2) is 31.1 Å². The fourth-order valence-corrected chi connectivity index (χ4v) is 8.44. The fraction of sp³-hybridized carbons (Fsp3) is 0.957. The van der Waals surface area contributed by atoms with Gasteiger partial charge < -0.3 is 14.2 Å². The van der Waals surface area contributed by atoms with Crippen molar-refractivity contribution in [2.24, 2.45) is 34.5 Å². The van der Waals surface area contributed by atoms with E-state index in [1.165, 1.54) is 38.5 Å². The zero-order chi connectivity index (χ0) is 18.9. The number of hydrogen-bond acceptors (Lipinski definition) is 4. The molecule has 0 radical (unpaired) electrons. The van der Waals surface area contributed by atoms with Crippen LogP contribution in [0.25, 0.3) is 0 Å². The van der Waals surface area contributed by atoms with Gasteiger partial charge >= 0.3 is 5.97 Å². The minimum absolute atomic E-state index is 0.107. The minimum atomic E-state index is -0.288. The summed E-state index contributed by atoms with van der Waals surface area (Å²) in [7, 11) is 0. The molecule has 1 saturated heterocycles. The summed E-state index contributed by atoms with van der Waals surface area (Å²) in [5, 5.41) is 0. The second-order valence-electron chi connectivity index (χ2n) is 10.7. The van der Waals surface area contributed by atoms with Gasteiger partial charge in [-0.3, -0.25) is 4.79 Å². The molecule has 1 aliphatic heterocycles. The molecule has 0 aromatic heterocycles. The number of carbonyl (C=O) groups is 1.